The number of aliphatic hydroxyl groups excluding tert-OH is 1. The van der Waals surface area contributed by atoms with E-state index in [1.54, 1.807) is 0 Å². The number of thiazole rings is 1. The summed E-state index contributed by atoms with van der Waals surface area (Å²) in [4.78, 5) is 19.3. The molecule has 2 aromatic carbocycles. The van der Waals surface area contributed by atoms with Gasteiger partial charge >= 0.3 is 5.97 Å². The second-order valence-corrected chi connectivity index (χ2v) is 13.6. The molecule has 196 valence electrons. The third-order valence-electron chi connectivity index (χ3n) is 7.77. The lowest BCUT2D eigenvalue weighted by atomic mass is 9.71. The Kier molecular flexibility index (Phi) is 7.29. The molecule has 2 heterocycles. The molecule has 1 fully saturated rings. The number of nitrogens with two attached hydrogens (primary N) is 1. The molecule has 2 aliphatic rings. The van der Waals surface area contributed by atoms with Gasteiger partial charge in [0.25, 0.3) is 0 Å². The molecule has 1 aromatic heterocycles. The van der Waals surface area contributed by atoms with E-state index in [-0.39, 0.29) is 17.1 Å². The number of nitrogens with zero attached hydrogens (tertiary/aromatic N) is 1. The average molecular weight is 537 g/mol. The van der Waals surface area contributed by atoms with Crippen LogP contribution < -0.4 is 5.73 Å². The number of aliphatic hydroxyl groups is 1. The van der Waals surface area contributed by atoms with Gasteiger partial charge in [0.1, 0.15) is 16.3 Å². The third-order valence-corrected chi connectivity index (χ3v) is 9.78. The van der Waals surface area contributed by atoms with E-state index in [0.29, 0.717) is 16.5 Å². The second-order valence-electron chi connectivity index (χ2n) is 11.4. The van der Waals surface area contributed by atoms with Gasteiger partial charge in [-0.1, -0.05) is 93.5 Å². The van der Waals surface area contributed by atoms with Crippen LogP contribution in [0.5, 0.6) is 0 Å². The van der Waals surface area contributed by atoms with Gasteiger partial charge in [-0.3, -0.25) is 0 Å². The largest absolute Gasteiger partial charge is 0.511 e. The topological polar surface area (TPSA) is 85.4 Å². The first-order valence-corrected chi connectivity index (χ1v) is 14.9. The van der Waals surface area contributed by atoms with Crippen LogP contribution in [-0.2, 0) is 21.4 Å². The van der Waals surface area contributed by atoms with E-state index in [9.17, 15) is 9.90 Å². The second kappa shape index (κ2) is 10.3. The van der Waals surface area contributed by atoms with Crippen molar-refractivity contribution in [3.8, 4) is 0 Å². The molecule has 5 nitrogen and oxygen atoms in total. The summed E-state index contributed by atoms with van der Waals surface area (Å²) in [6.45, 7) is 6.41. The zero-order chi connectivity index (χ0) is 26.2. The number of aromatic nitrogens is 1. The molecule has 5 rings (SSSR count). The first-order valence-electron chi connectivity index (χ1n) is 13.2. The zero-order valence-electron chi connectivity index (χ0n) is 21.9. The molecule has 1 saturated carbocycles. The standard InChI is InChI=1S/C30H36N2O3S2/c1-29(2,3)21-16-22-25(37-28(31)32-22)17-24(21)36-26-23(33)18-30(35-27(26)34,20-12-8-5-9-13-20)15-14-19-10-6-4-7-11-19/h4,6-7,10-11,16-17,20,33H,5,8-9,12-15,18H2,1-3H3,(H2,31,32)/t30-/m0/s1. The molecule has 0 spiro atoms. The number of esters is 1. The minimum Gasteiger partial charge on any atom is -0.511 e. The number of nitrogen functional groups attached to an aromatic ring is 1. The van der Waals surface area contributed by atoms with Crippen molar-refractivity contribution in [2.45, 2.75) is 88.0 Å². The van der Waals surface area contributed by atoms with E-state index < -0.39 is 11.6 Å². The van der Waals surface area contributed by atoms with Crippen LogP contribution in [0.1, 0.15) is 76.8 Å². The summed E-state index contributed by atoms with van der Waals surface area (Å²) in [5.74, 6) is 0.0177. The van der Waals surface area contributed by atoms with Gasteiger partial charge in [0.2, 0.25) is 0 Å². The lowest BCUT2D eigenvalue weighted by Crippen LogP contribution is -2.47. The molecule has 0 saturated heterocycles. The molecule has 1 atom stereocenters. The average Bonchev–Trinajstić information content (AvgIpc) is 3.24. The lowest BCUT2D eigenvalue weighted by Gasteiger charge is -2.44. The zero-order valence-corrected chi connectivity index (χ0v) is 23.5. The Bertz CT molecular complexity index is 1320. The fourth-order valence-corrected chi connectivity index (χ4v) is 7.82. The van der Waals surface area contributed by atoms with Crippen molar-refractivity contribution in [1.82, 2.24) is 4.98 Å². The van der Waals surface area contributed by atoms with Crippen molar-refractivity contribution in [1.29, 1.82) is 0 Å². The minimum absolute atomic E-state index is 0.156. The van der Waals surface area contributed by atoms with E-state index in [0.717, 1.165) is 59.2 Å². The Morgan fingerprint density at radius 3 is 2.57 bits per heavy atom. The van der Waals surface area contributed by atoms with Crippen molar-refractivity contribution in [3.63, 3.8) is 0 Å². The third kappa shape index (κ3) is 5.53. The number of benzene rings is 2. The number of fused-ring (bicyclic) bond motifs is 1. The number of ether oxygens (including phenoxy) is 1. The maximum atomic E-state index is 13.6. The van der Waals surface area contributed by atoms with Crippen LogP contribution in [0.3, 0.4) is 0 Å². The fraction of sp³-hybridized carbons (Fsp3) is 0.467. The number of anilines is 1. The molecule has 0 radical (unpaired) electrons. The van der Waals surface area contributed by atoms with Crippen molar-refractivity contribution in [2.24, 2.45) is 5.92 Å². The van der Waals surface area contributed by atoms with Crippen molar-refractivity contribution in [3.05, 3.63) is 64.3 Å². The number of hydrogen-bond acceptors (Lipinski definition) is 7. The van der Waals surface area contributed by atoms with Crippen LogP contribution in [0.2, 0.25) is 0 Å². The fourth-order valence-electron chi connectivity index (χ4n) is 5.80. The predicted molar refractivity (Wildman–Crippen MR) is 153 cm³/mol. The van der Waals surface area contributed by atoms with Crippen LogP contribution in [0.25, 0.3) is 10.2 Å². The first-order chi connectivity index (χ1) is 17.6. The highest BCUT2D eigenvalue weighted by Crippen LogP contribution is 2.48. The smallest absolute Gasteiger partial charge is 0.349 e. The molecule has 0 amide bonds. The molecule has 3 N–H and O–H groups in total. The van der Waals surface area contributed by atoms with E-state index >= 15 is 0 Å². The Hall–Kier alpha value is -2.51. The van der Waals surface area contributed by atoms with Crippen LogP contribution in [0, 0.1) is 5.92 Å². The number of aryl methyl sites for hydroxylation is 1. The Morgan fingerprint density at radius 2 is 1.89 bits per heavy atom. The molecule has 3 aromatic rings. The summed E-state index contributed by atoms with van der Waals surface area (Å²) in [6, 6.07) is 14.4. The highest BCUT2D eigenvalue weighted by Gasteiger charge is 2.47. The monoisotopic (exact) mass is 536 g/mol. The first kappa shape index (κ1) is 26.1. The Morgan fingerprint density at radius 1 is 1.16 bits per heavy atom. The van der Waals surface area contributed by atoms with Gasteiger partial charge in [-0.2, -0.15) is 0 Å². The van der Waals surface area contributed by atoms with E-state index in [1.165, 1.54) is 35.1 Å². The molecule has 37 heavy (non-hydrogen) atoms. The van der Waals surface area contributed by atoms with Gasteiger partial charge in [-0.15, -0.1) is 0 Å². The summed E-state index contributed by atoms with van der Waals surface area (Å²) in [5.41, 5.74) is 8.29. The van der Waals surface area contributed by atoms with E-state index in [2.05, 4.69) is 44.0 Å². The molecule has 0 bridgehead atoms. The molecule has 1 aliphatic carbocycles. The summed E-state index contributed by atoms with van der Waals surface area (Å²) in [6.07, 6.45) is 7.50. The number of hydrogen-bond donors (Lipinski definition) is 2. The molecule has 7 heteroatoms. The molecule has 1 aliphatic heterocycles. The van der Waals surface area contributed by atoms with Gasteiger partial charge in [-0.25, -0.2) is 9.78 Å². The maximum Gasteiger partial charge on any atom is 0.349 e. The predicted octanol–water partition coefficient (Wildman–Crippen LogP) is 7.94. The van der Waals surface area contributed by atoms with Crippen LogP contribution >= 0.6 is 23.1 Å². The normalized spacial score (nSPS) is 21.4. The van der Waals surface area contributed by atoms with Crippen molar-refractivity contribution >= 4 is 44.4 Å². The number of cyclic esters (lactones) is 1. The highest BCUT2D eigenvalue weighted by atomic mass is 32.2. The SMILES string of the molecule is CC(C)(C)c1cc2nc(N)sc2cc1SC1=C(O)C[C@@](CCc2ccccc2)(C2CCCCC2)OC1=O. The van der Waals surface area contributed by atoms with Crippen molar-refractivity contribution < 1.29 is 14.6 Å². The summed E-state index contributed by atoms with van der Waals surface area (Å²) in [7, 11) is 0. The summed E-state index contributed by atoms with van der Waals surface area (Å²) < 4.78 is 7.37. The Labute approximate surface area is 227 Å². The van der Waals surface area contributed by atoms with Gasteiger partial charge < -0.3 is 15.6 Å². The van der Waals surface area contributed by atoms with Crippen LogP contribution in [0.15, 0.2) is 58.0 Å². The summed E-state index contributed by atoms with van der Waals surface area (Å²) >= 11 is 2.74. The summed E-state index contributed by atoms with van der Waals surface area (Å²) in [5, 5.41) is 11.9. The van der Waals surface area contributed by atoms with Crippen LogP contribution in [-0.4, -0.2) is 21.7 Å². The van der Waals surface area contributed by atoms with Gasteiger partial charge in [-0.05, 0) is 60.3 Å². The molecule has 0 unspecified atom stereocenters. The minimum atomic E-state index is -0.662. The van der Waals surface area contributed by atoms with Crippen LogP contribution in [0.4, 0.5) is 5.13 Å². The van der Waals surface area contributed by atoms with Gasteiger partial charge in [0, 0.05) is 11.3 Å². The molecular weight excluding hydrogens is 500 g/mol. The molecular formula is C30H36N2O3S2. The Balaban J connectivity index is 1.48. The number of rotatable bonds is 6. The van der Waals surface area contributed by atoms with Gasteiger partial charge in [0.05, 0.1) is 10.2 Å². The number of carbonyl (C=O) groups excluding carboxylic acids is 1. The van der Waals surface area contributed by atoms with Gasteiger partial charge in [0.15, 0.2) is 5.13 Å². The van der Waals surface area contributed by atoms with E-state index in [4.69, 9.17) is 10.5 Å². The lowest BCUT2D eigenvalue weighted by molar-refractivity contribution is -0.168. The number of thioether (sulfide) groups is 1. The maximum absolute atomic E-state index is 13.6. The van der Waals surface area contributed by atoms with Crippen molar-refractivity contribution in [2.75, 3.05) is 5.73 Å². The van der Waals surface area contributed by atoms with E-state index in [1.807, 2.05) is 24.3 Å². The number of carbonyl (C=O) groups is 1. The quantitative estimate of drug-likeness (QED) is 0.311. The highest BCUT2D eigenvalue weighted by molar-refractivity contribution is 8.04.